The lowest BCUT2D eigenvalue weighted by atomic mass is 10.2. The first kappa shape index (κ1) is 22.6. The number of benzene rings is 1. The highest BCUT2D eigenvalue weighted by Gasteiger charge is 2.02. The van der Waals surface area contributed by atoms with Gasteiger partial charge in [-0.2, -0.15) is 0 Å². The van der Waals surface area contributed by atoms with Crippen molar-refractivity contribution in [2.75, 3.05) is 40.0 Å². The fourth-order valence-electron chi connectivity index (χ4n) is 2.37. The molecule has 29 heavy (non-hydrogen) atoms. The molecule has 8 heteroatoms. The lowest BCUT2D eigenvalue weighted by molar-refractivity contribution is 0.0698. The maximum atomic E-state index is 13.0. The van der Waals surface area contributed by atoms with Gasteiger partial charge in [0, 0.05) is 39.1 Å². The van der Waals surface area contributed by atoms with Crippen molar-refractivity contribution in [3.05, 3.63) is 54.0 Å². The predicted molar refractivity (Wildman–Crippen MR) is 111 cm³/mol. The molecule has 158 valence electrons. The number of nitrogens with zero attached hydrogens (tertiary/aromatic N) is 2. The summed E-state index contributed by atoms with van der Waals surface area (Å²) >= 11 is 0. The van der Waals surface area contributed by atoms with Crippen molar-refractivity contribution in [1.82, 2.24) is 15.6 Å². The number of halogens is 1. The third kappa shape index (κ3) is 9.36. The zero-order valence-corrected chi connectivity index (χ0v) is 17.0. The Bertz CT molecular complexity index is 741. The molecule has 0 fully saturated rings. The average molecular weight is 404 g/mol. The largest absolute Gasteiger partial charge is 0.439 e. The molecule has 7 nitrogen and oxygen atoms in total. The van der Waals surface area contributed by atoms with Crippen molar-refractivity contribution in [3.8, 4) is 11.6 Å². The molecule has 0 aliphatic rings. The van der Waals surface area contributed by atoms with Gasteiger partial charge in [-0.05, 0) is 49.2 Å². The molecule has 0 radical (unpaired) electrons. The molecule has 2 aromatic rings. The maximum Gasteiger partial charge on any atom is 0.219 e. The van der Waals surface area contributed by atoms with Gasteiger partial charge in [0.1, 0.15) is 11.6 Å². The Hall–Kier alpha value is -2.71. The van der Waals surface area contributed by atoms with Crippen LogP contribution in [0.15, 0.2) is 47.6 Å². The molecule has 0 aliphatic carbocycles. The van der Waals surface area contributed by atoms with Gasteiger partial charge in [-0.25, -0.2) is 14.4 Å². The standard InChI is InChI=1S/C21H29FN4O3/c1-3-23-21(25-10-4-12-28-14-13-27-2)26-16-17-9-11-24-20(15-17)29-19-7-5-18(22)6-8-19/h5-9,11,15H,3-4,10,12-14,16H2,1-2H3,(H2,23,25,26). The molecule has 0 spiro atoms. The summed E-state index contributed by atoms with van der Waals surface area (Å²) in [5, 5.41) is 6.51. The van der Waals surface area contributed by atoms with Gasteiger partial charge in [-0.3, -0.25) is 0 Å². The van der Waals surface area contributed by atoms with Crippen LogP contribution in [0.3, 0.4) is 0 Å². The molecule has 0 saturated carbocycles. The number of guanidine groups is 1. The van der Waals surface area contributed by atoms with Crippen LogP contribution in [0, 0.1) is 5.82 Å². The minimum atomic E-state index is -0.307. The van der Waals surface area contributed by atoms with E-state index in [0.29, 0.717) is 38.0 Å². The average Bonchev–Trinajstić information content (AvgIpc) is 2.73. The van der Waals surface area contributed by atoms with E-state index in [0.717, 1.165) is 31.0 Å². The maximum absolute atomic E-state index is 13.0. The molecule has 0 amide bonds. The molecule has 2 N–H and O–H groups in total. The SMILES string of the molecule is CCNC(=NCc1ccnc(Oc2ccc(F)cc2)c1)NCCCOCCOC. The third-order valence-corrected chi connectivity index (χ3v) is 3.79. The molecule has 1 aromatic heterocycles. The number of aliphatic imine (C=N–C) groups is 1. The summed E-state index contributed by atoms with van der Waals surface area (Å²) in [6, 6.07) is 9.53. The van der Waals surface area contributed by atoms with Crippen LogP contribution >= 0.6 is 0 Å². The minimum Gasteiger partial charge on any atom is -0.439 e. The van der Waals surface area contributed by atoms with Gasteiger partial charge in [0.25, 0.3) is 0 Å². The number of pyridine rings is 1. The van der Waals surface area contributed by atoms with E-state index in [2.05, 4.69) is 20.6 Å². The molecular weight excluding hydrogens is 375 g/mol. The van der Waals surface area contributed by atoms with E-state index >= 15 is 0 Å². The first-order chi connectivity index (χ1) is 14.2. The van der Waals surface area contributed by atoms with Crippen LogP contribution in [0.4, 0.5) is 4.39 Å². The summed E-state index contributed by atoms with van der Waals surface area (Å²) in [5.74, 6) is 1.40. The molecule has 0 aliphatic heterocycles. The normalized spacial score (nSPS) is 11.3. The van der Waals surface area contributed by atoms with Gasteiger partial charge in [0.2, 0.25) is 5.88 Å². The second-order valence-electron chi connectivity index (χ2n) is 6.14. The smallest absolute Gasteiger partial charge is 0.219 e. The van der Waals surface area contributed by atoms with Gasteiger partial charge in [0.15, 0.2) is 5.96 Å². The Balaban J connectivity index is 1.83. The topological polar surface area (TPSA) is 77.0 Å². The third-order valence-electron chi connectivity index (χ3n) is 3.79. The molecule has 2 rings (SSSR count). The molecule has 0 atom stereocenters. The summed E-state index contributed by atoms with van der Waals surface area (Å²) in [4.78, 5) is 8.78. The lowest BCUT2D eigenvalue weighted by Gasteiger charge is -2.11. The van der Waals surface area contributed by atoms with E-state index < -0.39 is 0 Å². The number of hydrogen-bond acceptors (Lipinski definition) is 5. The highest BCUT2D eigenvalue weighted by Crippen LogP contribution is 2.20. The fraction of sp³-hybridized carbons (Fsp3) is 0.429. The summed E-state index contributed by atoms with van der Waals surface area (Å²) in [6.07, 6.45) is 2.54. The first-order valence-electron chi connectivity index (χ1n) is 9.68. The van der Waals surface area contributed by atoms with Crippen LogP contribution in [-0.2, 0) is 16.0 Å². The van der Waals surface area contributed by atoms with Crippen molar-refractivity contribution in [2.45, 2.75) is 19.9 Å². The summed E-state index contributed by atoms with van der Waals surface area (Å²) in [7, 11) is 1.66. The van der Waals surface area contributed by atoms with E-state index in [-0.39, 0.29) is 5.82 Å². The van der Waals surface area contributed by atoms with Gasteiger partial charge in [-0.1, -0.05) is 0 Å². The van der Waals surface area contributed by atoms with Crippen molar-refractivity contribution in [3.63, 3.8) is 0 Å². The van der Waals surface area contributed by atoms with E-state index in [1.54, 1.807) is 25.4 Å². The Morgan fingerprint density at radius 2 is 1.93 bits per heavy atom. The Morgan fingerprint density at radius 3 is 2.69 bits per heavy atom. The molecule has 0 saturated heterocycles. The van der Waals surface area contributed by atoms with Crippen LogP contribution in [0.25, 0.3) is 0 Å². The number of methoxy groups -OCH3 is 1. The number of hydrogen-bond donors (Lipinski definition) is 2. The van der Waals surface area contributed by atoms with Gasteiger partial charge >= 0.3 is 0 Å². The fourth-order valence-corrected chi connectivity index (χ4v) is 2.37. The van der Waals surface area contributed by atoms with Crippen LogP contribution in [-0.4, -0.2) is 51.0 Å². The first-order valence-corrected chi connectivity index (χ1v) is 9.68. The van der Waals surface area contributed by atoms with Crippen LogP contribution in [0.5, 0.6) is 11.6 Å². The van der Waals surface area contributed by atoms with Crippen molar-refractivity contribution < 1.29 is 18.6 Å². The monoisotopic (exact) mass is 404 g/mol. The van der Waals surface area contributed by atoms with E-state index in [1.165, 1.54) is 12.1 Å². The number of nitrogens with one attached hydrogen (secondary N) is 2. The van der Waals surface area contributed by atoms with E-state index in [4.69, 9.17) is 14.2 Å². The summed E-state index contributed by atoms with van der Waals surface area (Å²) < 4.78 is 29.1. The quantitative estimate of drug-likeness (QED) is 0.322. The molecule has 1 aromatic carbocycles. The van der Waals surface area contributed by atoms with Gasteiger partial charge < -0.3 is 24.8 Å². The predicted octanol–water partition coefficient (Wildman–Crippen LogP) is 3.12. The minimum absolute atomic E-state index is 0.307. The molecule has 0 bridgehead atoms. The van der Waals surface area contributed by atoms with E-state index in [1.807, 2.05) is 19.1 Å². The van der Waals surface area contributed by atoms with Crippen molar-refractivity contribution >= 4 is 5.96 Å². The van der Waals surface area contributed by atoms with E-state index in [9.17, 15) is 4.39 Å². The van der Waals surface area contributed by atoms with Crippen LogP contribution in [0.1, 0.15) is 18.9 Å². The summed E-state index contributed by atoms with van der Waals surface area (Å²) in [5.41, 5.74) is 0.956. The van der Waals surface area contributed by atoms with Crippen LogP contribution in [0.2, 0.25) is 0 Å². The number of aromatic nitrogens is 1. The van der Waals surface area contributed by atoms with Gasteiger partial charge in [0.05, 0.1) is 19.8 Å². The zero-order valence-electron chi connectivity index (χ0n) is 17.0. The van der Waals surface area contributed by atoms with Crippen molar-refractivity contribution in [2.24, 2.45) is 4.99 Å². The number of rotatable bonds is 12. The Kier molecular flexibility index (Phi) is 10.5. The highest BCUT2D eigenvalue weighted by molar-refractivity contribution is 5.79. The molecular formula is C21H29FN4O3. The second kappa shape index (κ2) is 13.5. The Labute approximate surface area is 171 Å². The summed E-state index contributed by atoms with van der Waals surface area (Å²) in [6.45, 7) is 5.91. The van der Waals surface area contributed by atoms with Crippen molar-refractivity contribution in [1.29, 1.82) is 0 Å². The molecule has 1 heterocycles. The molecule has 0 unspecified atom stereocenters. The van der Waals surface area contributed by atoms with Crippen LogP contribution < -0.4 is 15.4 Å². The zero-order chi connectivity index (χ0) is 20.7. The Morgan fingerprint density at radius 1 is 1.10 bits per heavy atom. The second-order valence-corrected chi connectivity index (χ2v) is 6.14. The van der Waals surface area contributed by atoms with Gasteiger partial charge in [-0.15, -0.1) is 0 Å². The lowest BCUT2D eigenvalue weighted by Crippen LogP contribution is -2.38. The number of ether oxygens (including phenoxy) is 3. The highest BCUT2D eigenvalue weighted by atomic mass is 19.1.